The highest BCUT2D eigenvalue weighted by atomic mass is 19.1. The summed E-state index contributed by atoms with van der Waals surface area (Å²) in [5.41, 5.74) is 5.02. The molecule has 0 aliphatic carbocycles. The first kappa shape index (κ1) is 20.6. The van der Waals surface area contributed by atoms with Gasteiger partial charge in [-0.3, -0.25) is 9.78 Å². The Bertz CT molecular complexity index is 1400. The molecule has 5 rings (SSSR count). The van der Waals surface area contributed by atoms with Gasteiger partial charge in [0.2, 0.25) is 0 Å². The van der Waals surface area contributed by atoms with Crippen molar-refractivity contribution in [3.05, 3.63) is 101 Å². The van der Waals surface area contributed by atoms with Crippen LogP contribution in [0.5, 0.6) is 0 Å². The van der Waals surface area contributed by atoms with Gasteiger partial charge in [-0.1, -0.05) is 18.2 Å². The van der Waals surface area contributed by atoms with Crippen LogP contribution in [-0.2, 0) is 13.0 Å². The zero-order valence-electron chi connectivity index (χ0n) is 17.5. The number of halogens is 2. The number of carbonyl (C=O) groups is 1. The Morgan fingerprint density at radius 2 is 1.76 bits per heavy atom. The SMILES string of the molecule is N#Cc1ccc(Cn2c3c(c(-c4ccc(F)cc4)c2-c2ccncc2)C(=O)NCC3)cc1F. The third-order valence-electron chi connectivity index (χ3n) is 5.83. The number of fused-ring (bicyclic) bond motifs is 1. The molecule has 4 aromatic rings. The minimum Gasteiger partial charge on any atom is -0.352 e. The summed E-state index contributed by atoms with van der Waals surface area (Å²) in [5.74, 6) is -1.15. The average Bonchev–Trinajstić information content (AvgIpc) is 3.15. The fourth-order valence-corrected chi connectivity index (χ4v) is 4.37. The lowest BCUT2D eigenvalue weighted by molar-refractivity contribution is 0.0946. The van der Waals surface area contributed by atoms with Crippen LogP contribution in [0.1, 0.15) is 27.2 Å². The topological polar surface area (TPSA) is 70.7 Å². The molecule has 2 aromatic carbocycles. The van der Waals surface area contributed by atoms with E-state index in [1.54, 1.807) is 30.6 Å². The summed E-state index contributed by atoms with van der Waals surface area (Å²) in [5, 5.41) is 12.0. The molecular weight excluding hydrogens is 422 g/mol. The predicted molar refractivity (Wildman–Crippen MR) is 119 cm³/mol. The lowest BCUT2D eigenvalue weighted by atomic mass is 9.95. The van der Waals surface area contributed by atoms with Crippen molar-refractivity contribution in [1.82, 2.24) is 14.9 Å². The second-order valence-corrected chi connectivity index (χ2v) is 7.81. The highest BCUT2D eigenvalue weighted by Gasteiger charge is 2.31. The largest absolute Gasteiger partial charge is 0.352 e. The quantitative estimate of drug-likeness (QED) is 0.500. The molecule has 3 heterocycles. The normalized spacial score (nSPS) is 12.7. The van der Waals surface area contributed by atoms with Gasteiger partial charge in [0.1, 0.15) is 17.7 Å². The number of hydrogen-bond donors (Lipinski definition) is 1. The van der Waals surface area contributed by atoms with Crippen LogP contribution in [0.25, 0.3) is 22.4 Å². The zero-order chi connectivity index (χ0) is 22.9. The average molecular weight is 440 g/mol. The third-order valence-corrected chi connectivity index (χ3v) is 5.83. The molecule has 0 atom stereocenters. The van der Waals surface area contributed by atoms with E-state index in [0.29, 0.717) is 41.8 Å². The Morgan fingerprint density at radius 3 is 2.45 bits per heavy atom. The summed E-state index contributed by atoms with van der Waals surface area (Å²) in [6.07, 6.45) is 3.93. The van der Waals surface area contributed by atoms with Gasteiger partial charge in [-0.15, -0.1) is 0 Å². The third kappa shape index (κ3) is 3.66. The van der Waals surface area contributed by atoms with Crippen molar-refractivity contribution in [2.24, 2.45) is 0 Å². The predicted octanol–water partition coefficient (Wildman–Crippen LogP) is 4.70. The van der Waals surface area contributed by atoms with Crippen LogP contribution in [0, 0.1) is 23.0 Å². The molecule has 0 saturated carbocycles. The number of aromatic nitrogens is 2. The van der Waals surface area contributed by atoms with Crippen molar-refractivity contribution >= 4 is 5.91 Å². The molecule has 0 fully saturated rings. The maximum absolute atomic E-state index is 14.3. The number of rotatable bonds is 4. The van der Waals surface area contributed by atoms with E-state index in [1.807, 2.05) is 22.8 Å². The standard InChI is InChI=1S/C26H18F2N4O/c27-20-5-3-17(4-6-20)23-24-22(9-12-31-26(24)33)32(25(23)18-7-10-30-11-8-18)15-16-1-2-19(14-29)21(28)13-16/h1-8,10-11,13H,9,12,15H2,(H,31,33). The van der Waals surface area contributed by atoms with Gasteiger partial charge in [0, 0.05) is 48.7 Å². The zero-order valence-corrected chi connectivity index (χ0v) is 17.5. The summed E-state index contributed by atoms with van der Waals surface area (Å²) in [6, 6.07) is 16.1. The highest BCUT2D eigenvalue weighted by molar-refractivity contribution is 6.07. The molecule has 0 unspecified atom stereocenters. The Hall–Kier alpha value is -4.31. The Kier molecular flexibility index (Phi) is 5.19. The number of nitrogens with one attached hydrogen (secondary N) is 1. The highest BCUT2D eigenvalue weighted by Crippen LogP contribution is 2.41. The van der Waals surface area contributed by atoms with Gasteiger partial charge in [-0.25, -0.2) is 8.78 Å². The van der Waals surface area contributed by atoms with Crippen LogP contribution in [0.2, 0.25) is 0 Å². The number of amides is 1. The first-order valence-corrected chi connectivity index (χ1v) is 10.4. The van der Waals surface area contributed by atoms with Gasteiger partial charge in [0.25, 0.3) is 5.91 Å². The number of nitrogens with zero attached hydrogens (tertiary/aromatic N) is 3. The second-order valence-electron chi connectivity index (χ2n) is 7.81. The molecule has 0 saturated heterocycles. The van der Waals surface area contributed by atoms with Crippen LogP contribution in [-0.4, -0.2) is 22.0 Å². The van der Waals surface area contributed by atoms with E-state index in [9.17, 15) is 13.6 Å². The molecule has 1 N–H and O–H groups in total. The Balaban J connectivity index is 1.79. The van der Waals surface area contributed by atoms with Gasteiger partial charge >= 0.3 is 0 Å². The fourth-order valence-electron chi connectivity index (χ4n) is 4.37. The number of pyridine rings is 1. The van der Waals surface area contributed by atoms with Crippen LogP contribution in [0.15, 0.2) is 67.0 Å². The smallest absolute Gasteiger partial charge is 0.253 e. The fraction of sp³-hybridized carbons (Fsp3) is 0.115. The number of nitriles is 1. The van der Waals surface area contributed by atoms with E-state index in [-0.39, 0.29) is 17.3 Å². The van der Waals surface area contributed by atoms with Crippen molar-refractivity contribution in [1.29, 1.82) is 5.26 Å². The minimum absolute atomic E-state index is 0.0194. The first-order chi connectivity index (χ1) is 16.1. The van der Waals surface area contributed by atoms with Crippen LogP contribution >= 0.6 is 0 Å². The van der Waals surface area contributed by atoms with Crippen molar-refractivity contribution in [3.63, 3.8) is 0 Å². The van der Waals surface area contributed by atoms with E-state index in [4.69, 9.17) is 5.26 Å². The molecule has 1 aliphatic rings. The molecule has 0 spiro atoms. The molecule has 0 radical (unpaired) electrons. The van der Waals surface area contributed by atoms with E-state index in [1.165, 1.54) is 24.3 Å². The molecule has 33 heavy (non-hydrogen) atoms. The molecule has 1 amide bonds. The number of benzene rings is 2. The van der Waals surface area contributed by atoms with Crippen LogP contribution in [0.3, 0.4) is 0 Å². The first-order valence-electron chi connectivity index (χ1n) is 10.4. The monoisotopic (exact) mass is 440 g/mol. The molecule has 5 nitrogen and oxygen atoms in total. The summed E-state index contributed by atoms with van der Waals surface area (Å²) in [4.78, 5) is 17.1. The molecule has 0 bridgehead atoms. The van der Waals surface area contributed by atoms with E-state index >= 15 is 0 Å². The summed E-state index contributed by atoms with van der Waals surface area (Å²) in [6.45, 7) is 0.785. The van der Waals surface area contributed by atoms with Crippen molar-refractivity contribution in [2.45, 2.75) is 13.0 Å². The molecular formula is C26H18F2N4O. The van der Waals surface area contributed by atoms with E-state index in [2.05, 4.69) is 10.3 Å². The maximum Gasteiger partial charge on any atom is 0.253 e. The molecule has 7 heteroatoms. The van der Waals surface area contributed by atoms with Crippen molar-refractivity contribution < 1.29 is 13.6 Å². The van der Waals surface area contributed by atoms with Gasteiger partial charge in [0.15, 0.2) is 0 Å². The number of hydrogen-bond acceptors (Lipinski definition) is 3. The van der Waals surface area contributed by atoms with Gasteiger partial charge in [0.05, 0.1) is 16.8 Å². The summed E-state index contributed by atoms with van der Waals surface area (Å²) in [7, 11) is 0. The summed E-state index contributed by atoms with van der Waals surface area (Å²) >= 11 is 0. The van der Waals surface area contributed by atoms with E-state index < -0.39 is 5.82 Å². The van der Waals surface area contributed by atoms with Gasteiger partial charge in [-0.2, -0.15) is 5.26 Å². The Morgan fingerprint density at radius 1 is 1.00 bits per heavy atom. The summed E-state index contributed by atoms with van der Waals surface area (Å²) < 4.78 is 30.0. The lowest BCUT2D eigenvalue weighted by Crippen LogP contribution is -2.32. The molecule has 2 aromatic heterocycles. The van der Waals surface area contributed by atoms with Crippen molar-refractivity contribution in [2.75, 3.05) is 6.54 Å². The number of carbonyl (C=O) groups excluding carboxylic acids is 1. The molecule has 162 valence electrons. The Labute approximate surface area is 188 Å². The molecule has 1 aliphatic heterocycles. The van der Waals surface area contributed by atoms with Crippen LogP contribution in [0.4, 0.5) is 8.78 Å². The maximum atomic E-state index is 14.3. The second kappa shape index (κ2) is 8.32. The minimum atomic E-state index is -0.585. The van der Waals surface area contributed by atoms with Gasteiger partial charge in [-0.05, 0) is 47.5 Å². The van der Waals surface area contributed by atoms with E-state index in [0.717, 1.165) is 17.0 Å². The van der Waals surface area contributed by atoms with Crippen LogP contribution < -0.4 is 5.32 Å². The van der Waals surface area contributed by atoms with Crippen molar-refractivity contribution in [3.8, 4) is 28.5 Å². The lowest BCUT2D eigenvalue weighted by Gasteiger charge is -2.18. The van der Waals surface area contributed by atoms with Gasteiger partial charge < -0.3 is 9.88 Å².